The molecular formula is C13H15NO4S. The van der Waals surface area contributed by atoms with Gasteiger partial charge in [-0.1, -0.05) is 30.4 Å². The number of phenolic OH excluding ortho intramolecular Hbond substituents is 1. The summed E-state index contributed by atoms with van der Waals surface area (Å²) in [5, 5.41) is 14.9. The maximum absolute atomic E-state index is 11.6. The number of hydrogen-bond acceptors (Lipinski definition) is 4. The molecule has 1 atom stereocenters. The smallest absolute Gasteiger partial charge is 0.243 e. The Balaban J connectivity index is 2.37. The SMILES string of the molecule is COC1(S(N)(=O)=O)C=CC(c2ccccc2O)=CC1. The lowest BCUT2D eigenvalue weighted by Crippen LogP contribution is -2.43. The molecule has 1 aromatic rings. The van der Waals surface area contributed by atoms with Gasteiger partial charge in [0.2, 0.25) is 15.0 Å². The number of benzene rings is 1. The van der Waals surface area contributed by atoms with Crippen molar-refractivity contribution in [3.05, 3.63) is 48.1 Å². The fourth-order valence-corrected chi connectivity index (χ4v) is 2.81. The molecule has 3 N–H and O–H groups in total. The Morgan fingerprint density at radius 1 is 1.37 bits per heavy atom. The summed E-state index contributed by atoms with van der Waals surface area (Å²) in [5.41, 5.74) is 1.37. The van der Waals surface area contributed by atoms with Gasteiger partial charge in [0.1, 0.15) is 5.75 Å². The van der Waals surface area contributed by atoms with E-state index >= 15 is 0 Å². The lowest BCUT2D eigenvalue weighted by atomic mass is 9.97. The van der Waals surface area contributed by atoms with Crippen LogP contribution in [0.5, 0.6) is 5.75 Å². The van der Waals surface area contributed by atoms with Gasteiger partial charge in [0, 0.05) is 19.1 Å². The van der Waals surface area contributed by atoms with E-state index in [2.05, 4.69) is 0 Å². The Hall–Kier alpha value is -1.63. The Morgan fingerprint density at radius 3 is 2.53 bits per heavy atom. The molecule has 0 heterocycles. The maximum atomic E-state index is 11.6. The fourth-order valence-electron chi connectivity index (χ4n) is 2.00. The number of primary sulfonamides is 1. The number of methoxy groups -OCH3 is 1. The van der Waals surface area contributed by atoms with Crippen LogP contribution < -0.4 is 5.14 Å². The average molecular weight is 281 g/mol. The van der Waals surface area contributed by atoms with E-state index < -0.39 is 15.0 Å². The summed E-state index contributed by atoms with van der Waals surface area (Å²) >= 11 is 0. The summed E-state index contributed by atoms with van der Waals surface area (Å²) in [5.74, 6) is 0.138. The van der Waals surface area contributed by atoms with Gasteiger partial charge in [0.05, 0.1) is 0 Å². The molecule has 0 spiro atoms. The van der Waals surface area contributed by atoms with E-state index in [4.69, 9.17) is 9.88 Å². The summed E-state index contributed by atoms with van der Waals surface area (Å²) < 4.78 is 28.2. The second kappa shape index (κ2) is 4.80. The Morgan fingerprint density at radius 2 is 2.05 bits per heavy atom. The number of phenols is 1. The third kappa shape index (κ3) is 2.42. The van der Waals surface area contributed by atoms with Gasteiger partial charge >= 0.3 is 0 Å². The highest BCUT2D eigenvalue weighted by molar-refractivity contribution is 7.90. The highest BCUT2D eigenvalue weighted by Crippen LogP contribution is 2.34. The molecular weight excluding hydrogens is 266 g/mol. The Kier molecular flexibility index (Phi) is 3.49. The first kappa shape index (κ1) is 13.8. The molecule has 0 saturated carbocycles. The van der Waals surface area contributed by atoms with Crippen LogP contribution in [0.1, 0.15) is 12.0 Å². The molecule has 0 saturated heterocycles. The standard InChI is InChI=1S/C13H15NO4S/c1-18-13(19(14,16)17)8-6-10(7-9-13)11-4-2-3-5-12(11)15/h2-8,15H,9H2,1H3,(H2,14,16,17). The molecule has 6 heteroatoms. The number of ether oxygens (including phenoxy) is 1. The topological polar surface area (TPSA) is 89.6 Å². The highest BCUT2D eigenvalue weighted by Gasteiger charge is 2.40. The maximum Gasteiger partial charge on any atom is 0.243 e. The van der Waals surface area contributed by atoms with Crippen molar-refractivity contribution in [3.8, 4) is 5.75 Å². The van der Waals surface area contributed by atoms with E-state index in [0.717, 1.165) is 5.57 Å². The van der Waals surface area contributed by atoms with Crippen LogP contribution >= 0.6 is 0 Å². The predicted octanol–water partition coefficient (Wildman–Crippen LogP) is 1.37. The van der Waals surface area contributed by atoms with Crippen molar-refractivity contribution in [2.75, 3.05) is 7.11 Å². The molecule has 5 nitrogen and oxygen atoms in total. The molecule has 0 bridgehead atoms. The third-order valence-electron chi connectivity index (χ3n) is 3.17. The zero-order chi connectivity index (χ0) is 14.1. The van der Waals surface area contributed by atoms with Crippen molar-refractivity contribution < 1.29 is 18.3 Å². The summed E-state index contributed by atoms with van der Waals surface area (Å²) in [6.07, 6.45) is 4.78. The van der Waals surface area contributed by atoms with Gasteiger partial charge in [-0.15, -0.1) is 0 Å². The number of rotatable bonds is 3. The summed E-state index contributed by atoms with van der Waals surface area (Å²) in [4.78, 5) is -1.53. The molecule has 1 aliphatic rings. The monoisotopic (exact) mass is 281 g/mol. The van der Waals surface area contributed by atoms with Gasteiger partial charge in [-0.25, -0.2) is 13.6 Å². The van der Waals surface area contributed by atoms with Gasteiger partial charge in [0.15, 0.2) is 0 Å². The summed E-state index contributed by atoms with van der Waals surface area (Å²) in [6, 6.07) is 6.83. The molecule has 2 rings (SSSR count). The quantitative estimate of drug-likeness (QED) is 0.875. The Bertz CT molecular complexity index is 648. The third-order valence-corrected chi connectivity index (χ3v) is 4.60. The van der Waals surface area contributed by atoms with Crippen LogP contribution in [-0.4, -0.2) is 25.6 Å². The zero-order valence-electron chi connectivity index (χ0n) is 10.4. The van der Waals surface area contributed by atoms with E-state index in [9.17, 15) is 13.5 Å². The van der Waals surface area contributed by atoms with Crippen LogP contribution in [0, 0.1) is 0 Å². The summed E-state index contributed by atoms with van der Waals surface area (Å²) in [7, 11) is -2.57. The normalized spacial score (nSPS) is 23.2. The largest absolute Gasteiger partial charge is 0.507 e. The van der Waals surface area contributed by atoms with Crippen molar-refractivity contribution in [2.24, 2.45) is 5.14 Å². The minimum absolute atomic E-state index is 0.0997. The van der Waals surface area contributed by atoms with Crippen molar-refractivity contribution in [3.63, 3.8) is 0 Å². The van der Waals surface area contributed by atoms with Gasteiger partial charge < -0.3 is 9.84 Å². The molecule has 19 heavy (non-hydrogen) atoms. The lowest BCUT2D eigenvalue weighted by Gasteiger charge is -2.28. The molecule has 1 unspecified atom stereocenters. The van der Waals surface area contributed by atoms with E-state index in [1.807, 2.05) is 0 Å². The van der Waals surface area contributed by atoms with Crippen LogP contribution in [0.3, 0.4) is 0 Å². The van der Waals surface area contributed by atoms with Crippen LogP contribution in [-0.2, 0) is 14.8 Å². The van der Waals surface area contributed by atoms with Gasteiger partial charge in [-0.3, -0.25) is 0 Å². The number of para-hydroxylation sites is 1. The first-order chi connectivity index (χ1) is 8.89. The predicted molar refractivity (Wildman–Crippen MR) is 72.7 cm³/mol. The fraction of sp³-hybridized carbons (Fsp3) is 0.231. The second-order valence-electron chi connectivity index (χ2n) is 4.28. The van der Waals surface area contributed by atoms with Crippen LogP contribution in [0.25, 0.3) is 5.57 Å². The van der Waals surface area contributed by atoms with Crippen molar-refractivity contribution in [2.45, 2.75) is 11.4 Å². The number of allylic oxidation sites excluding steroid dienone is 2. The number of aromatic hydroxyl groups is 1. The van der Waals surface area contributed by atoms with Gasteiger partial charge in [-0.2, -0.15) is 0 Å². The van der Waals surface area contributed by atoms with E-state index in [1.165, 1.54) is 13.2 Å². The van der Waals surface area contributed by atoms with Crippen LogP contribution in [0.4, 0.5) is 0 Å². The van der Waals surface area contributed by atoms with Gasteiger partial charge in [0.25, 0.3) is 0 Å². The minimum Gasteiger partial charge on any atom is -0.507 e. The number of sulfonamides is 1. The first-order valence-corrected chi connectivity index (χ1v) is 7.19. The molecule has 0 aliphatic heterocycles. The van der Waals surface area contributed by atoms with E-state index in [1.54, 1.807) is 36.4 Å². The molecule has 1 aliphatic carbocycles. The Labute approximate surface area is 112 Å². The molecule has 102 valence electrons. The highest BCUT2D eigenvalue weighted by atomic mass is 32.2. The average Bonchev–Trinajstić information content (AvgIpc) is 2.38. The molecule has 1 aromatic carbocycles. The number of nitrogens with two attached hydrogens (primary N) is 1. The first-order valence-electron chi connectivity index (χ1n) is 5.65. The molecule has 0 amide bonds. The van der Waals surface area contributed by atoms with Crippen molar-refractivity contribution in [1.29, 1.82) is 0 Å². The molecule has 0 fully saturated rings. The molecule has 0 aromatic heterocycles. The van der Waals surface area contributed by atoms with E-state index in [-0.39, 0.29) is 12.2 Å². The lowest BCUT2D eigenvalue weighted by molar-refractivity contribution is 0.103. The van der Waals surface area contributed by atoms with E-state index in [0.29, 0.717) is 5.56 Å². The summed E-state index contributed by atoms with van der Waals surface area (Å²) in [6.45, 7) is 0. The van der Waals surface area contributed by atoms with Crippen molar-refractivity contribution in [1.82, 2.24) is 0 Å². The molecule has 0 radical (unpaired) electrons. The zero-order valence-corrected chi connectivity index (χ0v) is 11.2. The minimum atomic E-state index is -3.87. The van der Waals surface area contributed by atoms with Crippen molar-refractivity contribution >= 4 is 15.6 Å². The number of hydrogen-bond donors (Lipinski definition) is 2. The second-order valence-corrected chi connectivity index (χ2v) is 6.06. The van der Waals surface area contributed by atoms with Crippen LogP contribution in [0.15, 0.2) is 42.5 Å². The van der Waals surface area contributed by atoms with Crippen LogP contribution in [0.2, 0.25) is 0 Å². The van der Waals surface area contributed by atoms with Gasteiger partial charge in [-0.05, 0) is 17.7 Å².